The summed E-state index contributed by atoms with van der Waals surface area (Å²) in [5.74, 6) is -0.172. The third-order valence-electron chi connectivity index (χ3n) is 15.5. The highest BCUT2D eigenvalue weighted by atomic mass is 16.5. The summed E-state index contributed by atoms with van der Waals surface area (Å²) in [4.78, 5) is 28.8. The Balaban J connectivity index is 2.16. The lowest BCUT2D eigenvalue weighted by atomic mass is 9.71. The molecule has 0 saturated carbocycles. The van der Waals surface area contributed by atoms with Gasteiger partial charge in [-0.3, -0.25) is 0 Å². The molecule has 0 bridgehead atoms. The molecule has 5 nitrogen and oxygen atoms in total. The van der Waals surface area contributed by atoms with Crippen molar-refractivity contribution in [2.45, 2.75) is 216 Å². The van der Waals surface area contributed by atoms with Gasteiger partial charge in [-0.05, 0) is 111 Å². The topological polar surface area (TPSA) is 72.8 Å². The summed E-state index contributed by atoms with van der Waals surface area (Å²) in [5, 5.41) is 11.8. The minimum absolute atomic E-state index is 0.192. The van der Waals surface area contributed by atoms with Gasteiger partial charge in [0, 0.05) is 40.7 Å². The van der Waals surface area contributed by atoms with Crippen LogP contribution in [-0.2, 0) is 48.5 Å². The van der Waals surface area contributed by atoms with Crippen LogP contribution in [-0.4, -0.2) is 17.0 Å². The molecule has 0 heterocycles. The van der Waals surface area contributed by atoms with E-state index in [1.54, 1.807) is 0 Å². The lowest BCUT2D eigenvalue weighted by Crippen LogP contribution is -2.26. The maximum atomic E-state index is 15.5. The van der Waals surface area contributed by atoms with Gasteiger partial charge in [-0.1, -0.05) is 204 Å². The number of aromatic hydroxyl groups is 1. The molecular weight excluding hydrogens is 837 g/mol. The summed E-state index contributed by atoms with van der Waals surface area (Å²) in [6.45, 7) is 54.1. The summed E-state index contributed by atoms with van der Waals surface area (Å²) >= 11 is 0. The molecule has 0 amide bonds. The van der Waals surface area contributed by atoms with Crippen molar-refractivity contribution in [1.82, 2.24) is 0 Å². The maximum Gasteiger partial charge on any atom is 0.343 e. The highest BCUT2D eigenvalue weighted by molar-refractivity contribution is 6.17. The van der Waals surface area contributed by atoms with Gasteiger partial charge >= 0.3 is 11.9 Å². The summed E-state index contributed by atoms with van der Waals surface area (Å²) < 4.78 is 13.4. The molecule has 1 atom stereocenters. The zero-order valence-electron chi connectivity index (χ0n) is 46.3. The molecule has 0 fully saturated rings. The number of benzene rings is 4. The second kappa shape index (κ2) is 20.2. The van der Waals surface area contributed by atoms with E-state index >= 15 is 4.79 Å². The number of esters is 2. The van der Waals surface area contributed by atoms with Crippen LogP contribution in [0.3, 0.4) is 0 Å². The molecule has 4 aromatic carbocycles. The van der Waals surface area contributed by atoms with E-state index in [0.717, 1.165) is 98.0 Å². The fourth-order valence-electron chi connectivity index (χ4n) is 9.03. The van der Waals surface area contributed by atoms with Gasteiger partial charge in [-0.15, -0.1) is 0 Å². The number of aryl methyl sites for hydroxylation is 2. The van der Waals surface area contributed by atoms with Crippen LogP contribution in [0.2, 0.25) is 0 Å². The van der Waals surface area contributed by atoms with Crippen LogP contribution in [0.4, 0.5) is 0 Å². The lowest BCUT2D eigenvalue weighted by molar-refractivity contribution is -0.129. The second-order valence-electron chi connectivity index (χ2n) is 24.4. The first-order chi connectivity index (χ1) is 31.1. The van der Waals surface area contributed by atoms with Crippen LogP contribution in [0.1, 0.15) is 235 Å². The van der Waals surface area contributed by atoms with Gasteiger partial charge in [0.1, 0.15) is 17.2 Å². The van der Waals surface area contributed by atoms with Crippen LogP contribution < -0.4 is 9.47 Å². The molecule has 68 heavy (non-hydrogen) atoms. The first-order valence-electron chi connectivity index (χ1n) is 25.2. The third kappa shape index (κ3) is 11.7. The molecule has 0 aliphatic rings. The fourth-order valence-corrected chi connectivity index (χ4v) is 9.03. The van der Waals surface area contributed by atoms with Gasteiger partial charge < -0.3 is 14.6 Å². The highest BCUT2D eigenvalue weighted by Crippen LogP contribution is 2.50. The number of hydrogen-bond acceptors (Lipinski definition) is 5. The van der Waals surface area contributed by atoms with Crippen molar-refractivity contribution in [2.24, 2.45) is 0 Å². The normalized spacial score (nSPS) is 13.3. The van der Waals surface area contributed by atoms with Crippen LogP contribution in [0.25, 0.3) is 5.57 Å². The Morgan fingerprint density at radius 2 is 0.971 bits per heavy atom. The molecule has 0 spiro atoms. The summed E-state index contributed by atoms with van der Waals surface area (Å²) in [5.41, 5.74) is 10.7. The molecule has 0 radical (unpaired) electrons. The van der Waals surface area contributed by atoms with Crippen LogP contribution in [0.5, 0.6) is 17.2 Å². The van der Waals surface area contributed by atoms with Crippen molar-refractivity contribution in [2.75, 3.05) is 0 Å². The van der Waals surface area contributed by atoms with E-state index < -0.39 is 23.3 Å². The van der Waals surface area contributed by atoms with Crippen LogP contribution in [0.15, 0.2) is 67.8 Å². The Morgan fingerprint density at radius 1 is 0.574 bits per heavy atom. The van der Waals surface area contributed by atoms with Crippen molar-refractivity contribution in [3.8, 4) is 17.2 Å². The first-order valence-corrected chi connectivity index (χ1v) is 25.2. The molecule has 1 unspecified atom stereocenters. The molecular formula is C63H88O5. The van der Waals surface area contributed by atoms with E-state index in [9.17, 15) is 9.90 Å². The van der Waals surface area contributed by atoms with E-state index in [1.165, 1.54) is 6.08 Å². The van der Waals surface area contributed by atoms with Crippen molar-refractivity contribution in [1.29, 1.82) is 0 Å². The third-order valence-corrected chi connectivity index (χ3v) is 15.5. The summed E-state index contributed by atoms with van der Waals surface area (Å²) in [6, 6.07) is 17.3. The summed E-state index contributed by atoms with van der Waals surface area (Å²) in [6.07, 6.45) is 5.01. The minimum Gasteiger partial charge on any atom is -0.507 e. The highest BCUT2D eigenvalue weighted by Gasteiger charge is 2.37. The van der Waals surface area contributed by atoms with Crippen molar-refractivity contribution in [3.63, 3.8) is 0 Å². The molecule has 5 heteroatoms. The van der Waals surface area contributed by atoms with E-state index in [2.05, 4.69) is 201 Å². The van der Waals surface area contributed by atoms with Crippen LogP contribution >= 0.6 is 0 Å². The standard InChI is InChI=1S/C63H88O5/c1-24-52(64)67-55-46(34-44(60(16,17)25-2)36-50(55)62(20,21)27-4)40(8)47-35-45(61(18,19)26-3)37-51(63(22,23)28-5)56(47)68-57(66)41(9)53-42(29-38(6)31-48(53)58(10,11)12)33-43-30-39(7)32-49(54(43)65)59(13,14)15/h24,29-32,34-37,40,65H,1,9,25-28,33H2,2-8,10-23H3. The fraction of sp³-hybridized carbons (Fsp3) is 0.524. The van der Waals surface area contributed by atoms with Crippen molar-refractivity contribution in [3.05, 3.63) is 140 Å². The van der Waals surface area contributed by atoms with E-state index in [-0.39, 0.29) is 38.4 Å². The van der Waals surface area contributed by atoms with Crippen LogP contribution in [0, 0.1) is 13.8 Å². The van der Waals surface area contributed by atoms with Gasteiger partial charge in [-0.2, -0.15) is 0 Å². The van der Waals surface area contributed by atoms with Gasteiger partial charge in [0.2, 0.25) is 0 Å². The largest absolute Gasteiger partial charge is 0.507 e. The quantitative estimate of drug-likeness (QED) is 0.0649. The average Bonchev–Trinajstić information content (AvgIpc) is 3.25. The van der Waals surface area contributed by atoms with Gasteiger partial charge in [-0.25, -0.2) is 9.59 Å². The van der Waals surface area contributed by atoms with Crippen molar-refractivity contribution < 1.29 is 24.2 Å². The van der Waals surface area contributed by atoms with Crippen molar-refractivity contribution >= 4 is 17.5 Å². The molecule has 0 saturated heterocycles. The molecule has 1 N–H and O–H groups in total. The first kappa shape index (κ1) is 55.7. The Morgan fingerprint density at radius 3 is 1.37 bits per heavy atom. The number of ether oxygens (including phenoxy) is 2. The number of rotatable bonds is 17. The predicted octanol–water partition coefficient (Wildman–Crippen LogP) is 16.8. The minimum atomic E-state index is -0.541. The second-order valence-corrected chi connectivity index (χ2v) is 24.4. The molecule has 0 aliphatic carbocycles. The Kier molecular flexibility index (Phi) is 16.6. The van der Waals surface area contributed by atoms with E-state index in [1.807, 2.05) is 6.07 Å². The lowest BCUT2D eigenvalue weighted by Gasteiger charge is -2.35. The molecule has 4 aromatic rings. The van der Waals surface area contributed by atoms with Gasteiger partial charge in [0.25, 0.3) is 0 Å². The molecule has 0 aromatic heterocycles. The summed E-state index contributed by atoms with van der Waals surface area (Å²) in [7, 11) is 0. The monoisotopic (exact) mass is 925 g/mol. The number of phenols is 1. The maximum absolute atomic E-state index is 15.5. The SMILES string of the molecule is C=CC(=O)Oc1c(C(C)c2cc(C(C)(C)CC)cc(C(C)(C)CC)c2OC(=O)C(=C)c2c(Cc3cc(C)cc(C(C)(C)C)c3O)cc(C)cc2C(C)(C)C)cc(C(C)(C)CC)cc1C(C)(C)CC. The van der Waals surface area contributed by atoms with E-state index in [0.29, 0.717) is 17.9 Å². The average molecular weight is 925 g/mol. The zero-order valence-corrected chi connectivity index (χ0v) is 46.3. The molecule has 4 rings (SSSR count). The smallest absolute Gasteiger partial charge is 0.343 e. The predicted molar refractivity (Wildman–Crippen MR) is 288 cm³/mol. The van der Waals surface area contributed by atoms with E-state index in [4.69, 9.17) is 9.47 Å². The number of carbonyl (C=O) groups is 2. The Labute approximate surface area is 413 Å². The van der Waals surface area contributed by atoms with Gasteiger partial charge in [0.05, 0.1) is 5.57 Å². The Bertz CT molecular complexity index is 2560. The molecule has 0 aliphatic heterocycles. The van der Waals surface area contributed by atoms with Gasteiger partial charge in [0.15, 0.2) is 0 Å². The zero-order chi connectivity index (χ0) is 51.9. The number of hydrogen-bond donors (Lipinski definition) is 1. The number of carbonyl (C=O) groups excluding carboxylic acids is 2. The Hall–Kier alpha value is -4.90. The number of phenolic OH excluding ortho intramolecular Hbond substituents is 1. The molecule has 370 valence electrons.